The van der Waals surface area contributed by atoms with E-state index < -0.39 is 5.60 Å². The monoisotopic (exact) mass is 363 g/mol. The summed E-state index contributed by atoms with van der Waals surface area (Å²) in [5, 5.41) is 4.10. The van der Waals surface area contributed by atoms with Gasteiger partial charge < -0.3 is 14.2 Å². The molecule has 0 bridgehead atoms. The van der Waals surface area contributed by atoms with Gasteiger partial charge in [0.15, 0.2) is 0 Å². The van der Waals surface area contributed by atoms with Gasteiger partial charge in [-0.25, -0.2) is 4.79 Å². The highest BCUT2D eigenvalue weighted by Gasteiger charge is 2.40. The van der Waals surface area contributed by atoms with Gasteiger partial charge in [0.05, 0.1) is 11.7 Å². The molecule has 2 saturated heterocycles. The molecular formula is C20H33N3O3. The Kier molecular flexibility index (Phi) is 5.61. The van der Waals surface area contributed by atoms with Crippen LogP contribution in [0.4, 0.5) is 4.79 Å². The number of nitrogens with zero attached hydrogens (tertiary/aromatic N) is 3. The summed E-state index contributed by atoms with van der Waals surface area (Å²) in [5.41, 5.74) is 1.72. The Labute approximate surface area is 156 Å². The number of likely N-dealkylation sites (tertiary alicyclic amines) is 2. The molecule has 0 radical (unpaired) electrons. The minimum absolute atomic E-state index is 0.164. The van der Waals surface area contributed by atoms with Crippen LogP contribution in [0.25, 0.3) is 0 Å². The molecule has 1 amide bonds. The molecular weight excluding hydrogens is 330 g/mol. The van der Waals surface area contributed by atoms with Gasteiger partial charge in [-0.2, -0.15) is 0 Å². The fourth-order valence-corrected chi connectivity index (χ4v) is 4.32. The van der Waals surface area contributed by atoms with Crippen molar-refractivity contribution in [1.29, 1.82) is 0 Å². The van der Waals surface area contributed by atoms with E-state index in [1.54, 1.807) is 0 Å². The Balaban J connectivity index is 1.75. The Morgan fingerprint density at radius 3 is 2.54 bits per heavy atom. The number of carbonyl (C=O) groups excluding carboxylic acids is 1. The summed E-state index contributed by atoms with van der Waals surface area (Å²) in [6, 6.07) is 0.623. The van der Waals surface area contributed by atoms with Crippen molar-refractivity contribution in [2.24, 2.45) is 0 Å². The lowest BCUT2D eigenvalue weighted by molar-refractivity contribution is 0.00633. The third-order valence-corrected chi connectivity index (χ3v) is 5.58. The van der Waals surface area contributed by atoms with E-state index in [1.165, 1.54) is 18.4 Å². The number of amides is 1. The molecule has 2 aliphatic heterocycles. The molecule has 146 valence electrons. The molecule has 6 nitrogen and oxygen atoms in total. The van der Waals surface area contributed by atoms with Gasteiger partial charge in [-0.1, -0.05) is 11.6 Å². The molecule has 3 rings (SSSR count). The highest BCUT2D eigenvalue weighted by molar-refractivity contribution is 5.69. The minimum atomic E-state index is -0.451. The third-order valence-electron chi connectivity index (χ3n) is 5.58. The number of hydrogen-bond acceptors (Lipinski definition) is 5. The number of hydrogen-bond donors (Lipinski definition) is 0. The first kappa shape index (κ1) is 19.2. The predicted molar refractivity (Wildman–Crippen MR) is 100.0 cm³/mol. The second-order valence-corrected chi connectivity index (χ2v) is 8.72. The molecule has 2 fully saturated rings. The van der Waals surface area contributed by atoms with E-state index in [0.29, 0.717) is 6.04 Å². The summed E-state index contributed by atoms with van der Waals surface area (Å²) in [5.74, 6) is 0.905. The molecule has 6 heteroatoms. The molecule has 2 atom stereocenters. The van der Waals surface area contributed by atoms with Gasteiger partial charge in [0.1, 0.15) is 11.4 Å². The maximum atomic E-state index is 12.7. The highest BCUT2D eigenvalue weighted by atomic mass is 16.6. The first-order chi connectivity index (χ1) is 12.3. The summed E-state index contributed by atoms with van der Waals surface area (Å²) < 4.78 is 11.0. The van der Waals surface area contributed by atoms with Crippen molar-refractivity contribution in [3.8, 4) is 0 Å². The van der Waals surface area contributed by atoms with Crippen LogP contribution >= 0.6 is 0 Å². The van der Waals surface area contributed by atoms with Gasteiger partial charge in [0, 0.05) is 24.7 Å². The third kappa shape index (κ3) is 4.22. The summed E-state index contributed by atoms with van der Waals surface area (Å²) in [7, 11) is 0. The zero-order valence-electron chi connectivity index (χ0n) is 16.9. The van der Waals surface area contributed by atoms with Crippen LogP contribution in [0.3, 0.4) is 0 Å². The number of carbonyl (C=O) groups is 1. The Bertz CT molecular complexity index is 615. The smallest absolute Gasteiger partial charge is 0.410 e. The van der Waals surface area contributed by atoms with Crippen molar-refractivity contribution < 1.29 is 14.1 Å². The minimum Gasteiger partial charge on any atom is -0.444 e. The Morgan fingerprint density at radius 1 is 1.15 bits per heavy atom. The van der Waals surface area contributed by atoms with E-state index in [4.69, 9.17) is 9.26 Å². The van der Waals surface area contributed by atoms with Gasteiger partial charge >= 0.3 is 6.09 Å². The number of piperidine rings is 1. The lowest BCUT2D eigenvalue weighted by Gasteiger charge is -2.42. The number of aromatic nitrogens is 1. The van der Waals surface area contributed by atoms with Crippen molar-refractivity contribution in [1.82, 2.24) is 15.0 Å². The molecule has 2 aliphatic rings. The molecule has 1 aromatic rings. The van der Waals surface area contributed by atoms with Gasteiger partial charge in [-0.05, 0) is 66.8 Å². The molecule has 0 aliphatic carbocycles. The molecule has 0 unspecified atom stereocenters. The zero-order chi connectivity index (χ0) is 18.9. The average Bonchev–Trinajstić information content (AvgIpc) is 3.16. The topological polar surface area (TPSA) is 58.8 Å². The fraction of sp³-hybridized carbons (Fsp3) is 0.800. The molecule has 26 heavy (non-hydrogen) atoms. The Morgan fingerprint density at radius 2 is 1.88 bits per heavy atom. The average molecular weight is 364 g/mol. The second kappa shape index (κ2) is 7.59. The van der Waals surface area contributed by atoms with Crippen LogP contribution in [0, 0.1) is 13.8 Å². The predicted octanol–water partition coefficient (Wildman–Crippen LogP) is 4.05. The summed E-state index contributed by atoms with van der Waals surface area (Å²) in [6.07, 6.45) is 5.51. The molecule has 0 N–H and O–H groups in total. The van der Waals surface area contributed by atoms with Crippen molar-refractivity contribution in [2.45, 2.75) is 91.0 Å². The van der Waals surface area contributed by atoms with Crippen LogP contribution < -0.4 is 0 Å². The maximum absolute atomic E-state index is 12.7. The van der Waals surface area contributed by atoms with Crippen LogP contribution in [0.1, 0.15) is 69.9 Å². The number of rotatable bonds is 3. The lowest BCUT2D eigenvalue weighted by Crippen LogP contribution is -2.53. The van der Waals surface area contributed by atoms with Crippen molar-refractivity contribution in [2.75, 3.05) is 13.1 Å². The zero-order valence-corrected chi connectivity index (χ0v) is 16.9. The standard InChI is InChI=1S/C20H33N3O3/c1-14-16(15(2)26-21-14)13-22-11-7-6-9-17(22)18-10-8-12-23(18)19(24)25-20(3,4)5/h17-18H,6-13H2,1-5H3/t17-,18-/m0/s1. The van der Waals surface area contributed by atoms with E-state index >= 15 is 0 Å². The summed E-state index contributed by atoms with van der Waals surface area (Å²) in [6.45, 7) is 12.5. The van der Waals surface area contributed by atoms with E-state index in [1.807, 2.05) is 39.5 Å². The highest BCUT2D eigenvalue weighted by Crippen LogP contribution is 2.32. The van der Waals surface area contributed by atoms with E-state index in [0.717, 1.165) is 50.4 Å². The molecule has 0 aromatic carbocycles. The van der Waals surface area contributed by atoms with Gasteiger partial charge in [0.25, 0.3) is 0 Å². The SMILES string of the molecule is Cc1noc(C)c1CN1CCCC[C@H]1[C@@H]1CCCN1C(=O)OC(C)(C)C. The first-order valence-corrected chi connectivity index (χ1v) is 9.91. The fourth-order valence-electron chi connectivity index (χ4n) is 4.32. The van der Waals surface area contributed by atoms with Crippen LogP contribution in [0.2, 0.25) is 0 Å². The van der Waals surface area contributed by atoms with Crippen molar-refractivity contribution in [3.63, 3.8) is 0 Å². The van der Waals surface area contributed by atoms with Crippen LogP contribution in [0.5, 0.6) is 0 Å². The van der Waals surface area contributed by atoms with Gasteiger partial charge in [-0.3, -0.25) is 4.90 Å². The van der Waals surface area contributed by atoms with Gasteiger partial charge in [-0.15, -0.1) is 0 Å². The summed E-state index contributed by atoms with van der Waals surface area (Å²) >= 11 is 0. The van der Waals surface area contributed by atoms with Crippen LogP contribution in [0.15, 0.2) is 4.52 Å². The molecule has 3 heterocycles. The quantitative estimate of drug-likeness (QED) is 0.811. The van der Waals surface area contributed by atoms with Crippen molar-refractivity contribution >= 4 is 6.09 Å². The van der Waals surface area contributed by atoms with E-state index in [-0.39, 0.29) is 12.1 Å². The molecule has 0 saturated carbocycles. The van der Waals surface area contributed by atoms with Gasteiger partial charge in [0.2, 0.25) is 0 Å². The first-order valence-electron chi connectivity index (χ1n) is 9.91. The maximum Gasteiger partial charge on any atom is 0.410 e. The molecule has 0 spiro atoms. The second-order valence-electron chi connectivity index (χ2n) is 8.72. The number of aryl methyl sites for hydroxylation is 2. The lowest BCUT2D eigenvalue weighted by atomic mass is 9.93. The Hall–Kier alpha value is -1.56. The largest absolute Gasteiger partial charge is 0.444 e. The molecule has 1 aromatic heterocycles. The van der Waals surface area contributed by atoms with Crippen LogP contribution in [-0.4, -0.2) is 51.8 Å². The summed E-state index contributed by atoms with van der Waals surface area (Å²) in [4.78, 5) is 17.2. The van der Waals surface area contributed by atoms with Crippen LogP contribution in [-0.2, 0) is 11.3 Å². The van der Waals surface area contributed by atoms with E-state index in [2.05, 4.69) is 10.1 Å². The normalized spacial score (nSPS) is 24.9. The van der Waals surface area contributed by atoms with Crippen molar-refractivity contribution in [3.05, 3.63) is 17.0 Å². The number of ether oxygens (including phenoxy) is 1. The van der Waals surface area contributed by atoms with E-state index in [9.17, 15) is 4.79 Å².